The van der Waals surface area contributed by atoms with E-state index in [4.69, 9.17) is 4.98 Å². The number of pyridine rings is 1. The van der Waals surface area contributed by atoms with Crippen LogP contribution in [-0.4, -0.2) is 4.98 Å². The molecule has 0 spiro atoms. The van der Waals surface area contributed by atoms with E-state index < -0.39 is 0 Å². The standard InChI is InChI=1S/C29H29N/c1-18(2)14-19-15-20-12-13-30-28-24-11-10-21(29(3,4)5)17-25(24)22-8-6-7-9-23(22)26(16-19)27(20)28/h6-13,15-18H,14H2,1-5H3. The van der Waals surface area contributed by atoms with Crippen molar-refractivity contribution in [2.45, 2.75) is 46.5 Å². The third-order valence-electron chi connectivity index (χ3n) is 6.22. The van der Waals surface area contributed by atoms with Gasteiger partial charge in [-0.15, -0.1) is 0 Å². The molecule has 3 aromatic carbocycles. The zero-order chi connectivity index (χ0) is 21.0. The van der Waals surface area contributed by atoms with Crippen LogP contribution in [-0.2, 0) is 11.8 Å². The Morgan fingerprint density at radius 3 is 2.20 bits per heavy atom. The van der Waals surface area contributed by atoms with E-state index >= 15 is 0 Å². The lowest BCUT2D eigenvalue weighted by Gasteiger charge is -2.21. The van der Waals surface area contributed by atoms with Crippen LogP contribution < -0.4 is 0 Å². The fourth-order valence-electron chi connectivity index (χ4n) is 4.78. The fraction of sp³-hybridized carbons (Fsp3) is 0.276. The van der Waals surface area contributed by atoms with Crippen molar-refractivity contribution in [2.75, 3.05) is 0 Å². The molecule has 1 aliphatic carbocycles. The molecule has 30 heavy (non-hydrogen) atoms. The van der Waals surface area contributed by atoms with Gasteiger partial charge in [-0.2, -0.15) is 0 Å². The highest BCUT2D eigenvalue weighted by Crippen LogP contribution is 2.47. The van der Waals surface area contributed by atoms with E-state index in [0.29, 0.717) is 5.92 Å². The predicted octanol–water partition coefficient (Wildman–Crippen LogP) is 8.05. The molecule has 1 heterocycles. The molecule has 150 valence electrons. The van der Waals surface area contributed by atoms with Gasteiger partial charge in [0, 0.05) is 17.1 Å². The van der Waals surface area contributed by atoms with Crippen LogP contribution in [0.15, 0.2) is 66.9 Å². The maximum atomic E-state index is 4.90. The molecule has 0 N–H and O–H groups in total. The van der Waals surface area contributed by atoms with E-state index in [1.54, 1.807) is 0 Å². The van der Waals surface area contributed by atoms with Crippen LogP contribution in [0.5, 0.6) is 0 Å². The highest BCUT2D eigenvalue weighted by Gasteiger charge is 2.24. The number of fused-ring (bicyclic) bond motifs is 5. The van der Waals surface area contributed by atoms with Gasteiger partial charge in [0.25, 0.3) is 0 Å². The number of aromatic nitrogens is 1. The molecule has 0 radical (unpaired) electrons. The van der Waals surface area contributed by atoms with Crippen molar-refractivity contribution in [1.29, 1.82) is 0 Å². The summed E-state index contributed by atoms with van der Waals surface area (Å²) < 4.78 is 0. The first-order valence-corrected chi connectivity index (χ1v) is 11.0. The minimum absolute atomic E-state index is 0.104. The van der Waals surface area contributed by atoms with Crippen molar-refractivity contribution in [1.82, 2.24) is 4.98 Å². The Morgan fingerprint density at radius 1 is 0.767 bits per heavy atom. The molecule has 0 atom stereocenters. The van der Waals surface area contributed by atoms with Gasteiger partial charge < -0.3 is 0 Å². The minimum Gasteiger partial charge on any atom is -0.256 e. The maximum absolute atomic E-state index is 4.90. The van der Waals surface area contributed by atoms with Crippen molar-refractivity contribution in [2.24, 2.45) is 5.92 Å². The Kier molecular flexibility index (Phi) is 4.32. The normalized spacial score (nSPS) is 12.6. The van der Waals surface area contributed by atoms with Crippen LogP contribution in [0.1, 0.15) is 45.7 Å². The second kappa shape index (κ2) is 6.80. The molecule has 0 saturated carbocycles. The molecular weight excluding hydrogens is 362 g/mol. The van der Waals surface area contributed by atoms with Gasteiger partial charge in [0.2, 0.25) is 0 Å². The van der Waals surface area contributed by atoms with Crippen LogP contribution in [0.4, 0.5) is 0 Å². The lowest BCUT2D eigenvalue weighted by atomic mass is 9.83. The Balaban J connectivity index is 1.91. The van der Waals surface area contributed by atoms with Crippen LogP contribution in [0, 0.1) is 5.92 Å². The van der Waals surface area contributed by atoms with E-state index in [-0.39, 0.29) is 5.41 Å². The van der Waals surface area contributed by atoms with Gasteiger partial charge in [-0.3, -0.25) is 4.98 Å². The monoisotopic (exact) mass is 391 g/mol. The van der Waals surface area contributed by atoms with Gasteiger partial charge in [-0.25, -0.2) is 0 Å². The largest absolute Gasteiger partial charge is 0.256 e. The molecule has 1 aromatic heterocycles. The van der Waals surface area contributed by atoms with Crippen molar-refractivity contribution in [3.05, 3.63) is 78.0 Å². The number of benzene rings is 3. The Morgan fingerprint density at radius 2 is 1.50 bits per heavy atom. The molecule has 5 rings (SSSR count). The molecule has 0 bridgehead atoms. The number of hydrogen-bond acceptors (Lipinski definition) is 1. The molecule has 1 nitrogen and oxygen atoms in total. The second-order valence-corrected chi connectivity index (χ2v) is 10.1. The third kappa shape index (κ3) is 3.04. The molecule has 4 aromatic rings. The Labute approximate surface area is 179 Å². The predicted molar refractivity (Wildman–Crippen MR) is 129 cm³/mol. The summed E-state index contributed by atoms with van der Waals surface area (Å²) in [5, 5.41) is 2.57. The molecule has 0 unspecified atom stereocenters. The number of rotatable bonds is 2. The van der Waals surface area contributed by atoms with Crippen molar-refractivity contribution < 1.29 is 0 Å². The quantitative estimate of drug-likeness (QED) is 0.297. The molecular formula is C29H29N. The van der Waals surface area contributed by atoms with Gasteiger partial charge >= 0.3 is 0 Å². The zero-order valence-corrected chi connectivity index (χ0v) is 18.6. The second-order valence-electron chi connectivity index (χ2n) is 10.1. The first kappa shape index (κ1) is 19.1. The molecule has 0 aliphatic heterocycles. The van der Waals surface area contributed by atoms with Crippen molar-refractivity contribution in [3.8, 4) is 33.5 Å². The molecule has 1 heteroatoms. The maximum Gasteiger partial charge on any atom is 0.0792 e. The molecule has 1 aliphatic rings. The van der Waals surface area contributed by atoms with Crippen LogP contribution in [0.25, 0.3) is 44.3 Å². The summed E-state index contributed by atoms with van der Waals surface area (Å²) >= 11 is 0. The summed E-state index contributed by atoms with van der Waals surface area (Å²) in [7, 11) is 0. The summed E-state index contributed by atoms with van der Waals surface area (Å²) in [6.45, 7) is 11.4. The lowest BCUT2D eigenvalue weighted by Crippen LogP contribution is -2.11. The average molecular weight is 392 g/mol. The van der Waals surface area contributed by atoms with E-state index in [0.717, 1.165) is 12.1 Å². The van der Waals surface area contributed by atoms with Crippen LogP contribution in [0.3, 0.4) is 0 Å². The van der Waals surface area contributed by atoms with E-state index in [1.165, 1.54) is 49.7 Å². The van der Waals surface area contributed by atoms with E-state index in [9.17, 15) is 0 Å². The smallest absolute Gasteiger partial charge is 0.0792 e. The van der Waals surface area contributed by atoms with Crippen molar-refractivity contribution in [3.63, 3.8) is 0 Å². The summed E-state index contributed by atoms with van der Waals surface area (Å²) in [6, 6.07) is 22.8. The Bertz CT molecular complexity index is 1270. The first-order valence-electron chi connectivity index (χ1n) is 11.0. The number of hydrogen-bond donors (Lipinski definition) is 0. The fourth-order valence-corrected chi connectivity index (χ4v) is 4.78. The topological polar surface area (TPSA) is 12.9 Å². The Hall–Kier alpha value is -2.93. The minimum atomic E-state index is 0.104. The van der Waals surface area contributed by atoms with E-state index in [2.05, 4.69) is 95.3 Å². The average Bonchev–Trinajstić information content (AvgIpc) is 2.82. The van der Waals surface area contributed by atoms with Gasteiger partial charge in [-0.05, 0) is 68.7 Å². The van der Waals surface area contributed by atoms with E-state index in [1.807, 2.05) is 6.20 Å². The van der Waals surface area contributed by atoms with Gasteiger partial charge in [0.05, 0.1) is 5.69 Å². The summed E-state index contributed by atoms with van der Waals surface area (Å²) in [6.07, 6.45) is 3.06. The summed E-state index contributed by atoms with van der Waals surface area (Å²) in [5.41, 5.74) is 10.4. The van der Waals surface area contributed by atoms with Gasteiger partial charge in [-0.1, -0.05) is 83.1 Å². The van der Waals surface area contributed by atoms with Crippen LogP contribution in [0.2, 0.25) is 0 Å². The summed E-state index contributed by atoms with van der Waals surface area (Å²) in [5.74, 6) is 0.628. The van der Waals surface area contributed by atoms with Gasteiger partial charge in [0.15, 0.2) is 0 Å². The highest BCUT2D eigenvalue weighted by atomic mass is 14.7. The molecule has 0 amide bonds. The molecule has 0 fully saturated rings. The molecule has 0 saturated heterocycles. The van der Waals surface area contributed by atoms with Gasteiger partial charge in [0.1, 0.15) is 0 Å². The first-order chi connectivity index (χ1) is 14.3. The van der Waals surface area contributed by atoms with Crippen LogP contribution >= 0.6 is 0 Å². The highest BCUT2D eigenvalue weighted by molar-refractivity contribution is 6.12. The number of nitrogens with zero attached hydrogens (tertiary/aromatic N) is 1. The lowest BCUT2D eigenvalue weighted by molar-refractivity contribution is 0.590. The third-order valence-corrected chi connectivity index (χ3v) is 6.22. The summed E-state index contributed by atoms with van der Waals surface area (Å²) in [4.78, 5) is 4.90. The SMILES string of the molecule is CC(C)Cc1cc2c3c(nccc3c1)-c1ccc(C(C)(C)C)cc1-c1ccccc1-2. The zero-order valence-electron chi connectivity index (χ0n) is 18.6. The van der Waals surface area contributed by atoms with Crippen molar-refractivity contribution >= 4 is 10.8 Å².